The van der Waals surface area contributed by atoms with Crippen molar-refractivity contribution in [3.8, 4) is 0 Å². The minimum Gasteiger partial charge on any atom is -0.378 e. The van der Waals surface area contributed by atoms with Crippen molar-refractivity contribution in [2.24, 2.45) is 5.92 Å². The van der Waals surface area contributed by atoms with Gasteiger partial charge in [0.15, 0.2) is 5.69 Å². The van der Waals surface area contributed by atoms with Crippen LogP contribution in [0.4, 0.5) is 13.2 Å². The molecule has 3 rings (SSSR count). The average Bonchev–Trinajstić information content (AvgIpc) is 2.99. The average molecular weight is 359 g/mol. The van der Waals surface area contributed by atoms with E-state index in [0.717, 1.165) is 38.5 Å². The second-order valence-corrected chi connectivity index (χ2v) is 7.06. The smallest absolute Gasteiger partial charge is 0.378 e. The van der Waals surface area contributed by atoms with Crippen LogP contribution in [0, 0.1) is 5.92 Å². The Morgan fingerprint density at radius 2 is 2.20 bits per heavy atom. The van der Waals surface area contributed by atoms with Crippen molar-refractivity contribution in [2.75, 3.05) is 20.2 Å². The van der Waals surface area contributed by atoms with Crippen molar-refractivity contribution in [1.29, 1.82) is 0 Å². The Kier molecular flexibility index (Phi) is 5.36. The second-order valence-electron chi connectivity index (χ2n) is 7.06. The van der Waals surface area contributed by atoms with Crippen molar-refractivity contribution < 1.29 is 22.7 Å². The first-order valence-electron chi connectivity index (χ1n) is 8.81. The van der Waals surface area contributed by atoms with E-state index in [0.29, 0.717) is 31.8 Å². The van der Waals surface area contributed by atoms with Crippen molar-refractivity contribution in [3.05, 3.63) is 17.7 Å². The number of carbonyl (C=O) groups excluding carboxylic acids is 1. The summed E-state index contributed by atoms with van der Waals surface area (Å²) >= 11 is 0. The van der Waals surface area contributed by atoms with Gasteiger partial charge < -0.3 is 14.2 Å². The Labute approximate surface area is 145 Å². The van der Waals surface area contributed by atoms with E-state index in [1.165, 1.54) is 0 Å². The van der Waals surface area contributed by atoms with Gasteiger partial charge in [-0.05, 0) is 31.6 Å². The summed E-state index contributed by atoms with van der Waals surface area (Å²) in [5.74, 6) is 0.663. The number of halogens is 3. The van der Waals surface area contributed by atoms with E-state index in [1.807, 2.05) is 0 Å². The summed E-state index contributed by atoms with van der Waals surface area (Å²) in [6, 6.07) is 0. The molecule has 1 aromatic heterocycles. The summed E-state index contributed by atoms with van der Waals surface area (Å²) in [7, 11) is 1.76. The zero-order valence-corrected chi connectivity index (χ0v) is 14.4. The first-order chi connectivity index (χ1) is 11.8. The molecule has 5 nitrogen and oxygen atoms in total. The number of amides is 1. The third-order valence-electron chi connectivity index (χ3n) is 5.01. The summed E-state index contributed by atoms with van der Waals surface area (Å²) < 4.78 is 45.5. The number of ether oxygens (including phenoxy) is 1. The van der Waals surface area contributed by atoms with Gasteiger partial charge in [0.2, 0.25) is 5.91 Å². The molecule has 0 aromatic carbocycles. The van der Waals surface area contributed by atoms with E-state index in [9.17, 15) is 18.0 Å². The zero-order chi connectivity index (χ0) is 18.0. The van der Waals surface area contributed by atoms with Crippen molar-refractivity contribution >= 4 is 5.91 Å². The molecular weight excluding hydrogens is 335 g/mol. The lowest BCUT2D eigenvalue weighted by Gasteiger charge is -2.29. The number of alkyl halides is 3. The van der Waals surface area contributed by atoms with Gasteiger partial charge in [-0.15, -0.1) is 0 Å². The first-order valence-corrected chi connectivity index (χ1v) is 8.81. The standard InChI is InChI=1S/C17H24F3N3O2/c1-22(16(24)8-13-4-2-3-7-25-13)9-12-5-6-15-21-14(17(18,19)20)11-23(15)10-12/h11-13H,2-10H2,1H3/t12-,13+/m0/s1. The van der Waals surface area contributed by atoms with Crippen LogP contribution >= 0.6 is 0 Å². The highest BCUT2D eigenvalue weighted by molar-refractivity contribution is 5.76. The summed E-state index contributed by atoms with van der Waals surface area (Å²) in [5.41, 5.74) is -0.831. The van der Waals surface area contributed by atoms with E-state index < -0.39 is 11.9 Å². The molecule has 0 N–H and O–H groups in total. The van der Waals surface area contributed by atoms with Gasteiger partial charge >= 0.3 is 6.18 Å². The number of hydrogen-bond acceptors (Lipinski definition) is 3. The van der Waals surface area contributed by atoms with Crippen molar-refractivity contribution in [1.82, 2.24) is 14.5 Å². The molecule has 2 aliphatic heterocycles. The van der Waals surface area contributed by atoms with E-state index in [-0.39, 0.29) is 17.9 Å². The lowest BCUT2D eigenvalue weighted by atomic mass is 9.98. The third-order valence-corrected chi connectivity index (χ3v) is 5.01. The molecule has 8 heteroatoms. The number of aromatic nitrogens is 2. The SMILES string of the molecule is CN(C[C@@H]1CCc2nc(C(F)(F)F)cn2C1)C(=O)C[C@H]1CCCCO1. The van der Waals surface area contributed by atoms with Gasteiger partial charge in [-0.3, -0.25) is 4.79 Å². The van der Waals surface area contributed by atoms with Crippen LogP contribution in [0.2, 0.25) is 0 Å². The molecule has 25 heavy (non-hydrogen) atoms. The minimum absolute atomic E-state index is 0.00431. The molecule has 0 saturated carbocycles. The Bertz CT molecular complexity index is 609. The molecule has 0 bridgehead atoms. The van der Waals surface area contributed by atoms with Crippen molar-refractivity contribution in [3.63, 3.8) is 0 Å². The predicted octanol–water partition coefficient (Wildman–Crippen LogP) is 2.88. The Morgan fingerprint density at radius 3 is 2.88 bits per heavy atom. The molecule has 3 heterocycles. The molecule has 1 saturated heterocycles. The topological polar surface area (TPSA) is 47.4 Å². The van der Waals surface area contributed by atoms with E-state index in [1.54, 1.807) is 16.5 Å². The lowest BCUT2D eigenvalue weighted by molar-refractivity contribution is -0.141. The molecule has 1 amide bonds. The number of aryl methyl sites for hydroxylation is 1. The molecule has 1 aromatic rings. The molecule has 0 spiro atoms. The molecular formula is C17H24F3N3O2. The molecule has 2 atom stereocenters. The van der Waals surface area contributed by atoms with E-state index >= 15 is 0 Å². The highest BCUT2D eigenvalue weighted by Gasteiger charge is 2.36. The molecule has 0 aliphatic carbocycles. The largest absolute Gasteiger partial charge is 0.434 e. The van der Waals surface area contributed by atoms with E-state index in [4.69, 9.17) is 4.74 Å². The Hall–Kier alpha value is -1.57. The molecule has 1 fully saturated rings. The van der Waals surface area contributed by atoms with Crippen molar-refractivity contribution in [2.45, 2.75) is 57.3 Å². The van der Waals surface area contributed by atoms with Crippen LogP contribution in [0.5, 0.6) is 0 Å². The van der Waals surface area contributed by atoms with Crippen LogP contribution in [0.1, 0.15) is 43.6 Å². The van der Waals surface area contributed by atoms with Crippen LogP contribution < -0.4 is 0 Å². The monoisotopic (exact) mass is 359 g/mol. The number of fused-ring (bicyclic) bond motifs is 1. The number of imidazole rings is 1. The molecule has 0 radical (unpaired) electrons. The Morgan fingerprint density at radius 1 is 1.40 bits per heavy atom. The maximum Gasteiger partial charge on any atom is 0.434 e. The molecule has 0 unspecified atom stereocenters. The number of hydrogen-bond donors (Lipinski definition) is 0. The normalized spacial score (nSPS) is 24.0. The minimum atomic E-state index is -4.41. The van der Waals surface area contributed by atoms with Gasteiger partial charge in [-0.2, -0.15) is 13.2 Å². The summed E-state index contributed by atoms with van der Waals surface area (Å²) in [5, 5.41) is 0. The molecule has 140 valence electrons. The van der Waals surface area contributed by atoms with Gasteiger partial charge in [-0.25, -0.2) is 4.98 Å². The summed E-state index contributed by atoms with van der Waals surface area (Å²) in [6.45, 7) is 1.73. The van der Waals surface area contributed by atoms with E-state index in [2.05, 4.69) is 4.98 Å². The lowest BCUT2D eigenvalue weighted by Crippen LogP contribution is -2.37. The number of carbonyl (C=O) groups is 1. The second kappa shape index (κ2) is 7.35. The van der Waals surface area contributed by atoms with Crippen LogP contribution in [-0.2, 0) is 28.7 Å². The fraction of sp³-hybridized carbons (Fsp3) is 0.765. The summed E-state index contributed by atoms with van der Waals surface area (Å²) in [6.07, 6.45) is 1.38. The molecule has 2 aliphatic rings. The van der Waals surface area contributed by atoms with Gasteiger partial charge in [-0.1, -0.05) is 0 Å². The summed E-state index contributed by atoms with van der Waals surface area (Å²) in [4.78, 5) is 17.7. The predicted molar refractivity (Wildman–Crippen MR) is 84.9 cm³/mol. The highest BCUT2D eigenvalue weighted by atomic mass is 19.4. The quantitative estimate of drug-likeness (QED) is 0.831. The van der Waals surface area contributed by atoms with Crippen LogP contribution in [0.15, 0.2) is 6.20 Å². The van der Waals surface area contributed by atoms with Gasteiger partial charge in [0.05, 0.1) is 12.5 Å². The fourth-order valence-electron chi connectivity index (χ4n) is 3.61. The third kappa shape index (κ3) is 4.54. The zero-order valence-electron chi connectivity index (χ0n) is 14.4. The van der Waals surface area contributed by atoms with Crippen LogP contribution in [0.3, 0.4) is 0 Å². The maximum atomic E-state index is 12.8. The maximum absolute atomic E-state index is 12.8. The van der Waals surface area contributed by atoms with Gasteiger partial charge in [0.1, 0.15) is 5.82 Å². The highest BCUT2D eigenvalue weighted by Crippen LogP contribution is 2.30. The first kappa shape index (κ1) is 18.2. The Balaban J connectivity index is 1.53. The van der Waals surface area contributed by atoms with Gasteiger partial charge in [0.25, 0.3) is 0 Å². The fourth-order valence-corrected chi connectivity index (χ4v) is 3.61. The van der Waals surface area contributed by atoms with Crippen LogP contribution in [-0.4, -0.2) is 46.7 Å². The van der Waals surface area contributed by atoms with Gasteiger partial charge in [0, 0.05) is 39.4 Å². The van der Waals surface area contributed by atoms with Crippen LogP contribution in [0.25, 0.3) is 0 Å². The number of rotatable bonds is 4. The number of nitrogens with zero attached hydrogens (tertiary/aromatic N) is 3.